The number of ether oxygens (including phenoxy) is 1. The van der Waals surface area contributed by atoms with Crippen molar-refractivity contribution in [1.82, 2.24) is 14.9 Å². The van der Waals surface area contributed by atoms with Crippen molar-refractivity contribution in [2.75, 3.05) is 38.6 Å². The van der Waals surface area contributed by atoms with Gasteiger partial charge in [-0.1, -0.05) is 12.1 Å². The van der Waals surface area contributed by atoms with Gasteiger partial charge in [-0.05, 0) is 24.1 Å². The summed E-state index contributed by atoms with van der Waals surface area (Å²) in [6.45, 7) is 3.27. The van der Waals surface area contributed by atoms with E-state index in [2.05, 4.69) is 20.2 Å². The molecule has 1 aromatic carbocycles. The molecule has 1 aromatic heterocycles. The van der Waals surface area contributed by atoms with E-state index in [1.54, 1.807) is 12.4 Å². The summed E-state index contributed by atoms with van der Waals surface area (Å²) in [6, 6.07) is 6.70. The van der Waals surface area contributed by atoms with Crippen molar-refractivity contribution in [2.24, 2.45) is 0 Å². The van der Waals surface area contributed by atoms with Crippen molar-refractivity contribution in [3.63, 3.8) is 0 Å². The van der Waals surface area contributed by atoms with E-state index in [-0.39, 0.29) is 11.9 Å². The monoisotopic (exact) mass is 316 g/mol. The number of benzene rings is 1. The van der Waals surface area contributed by atoms with E-state index >= 15 is 0 Å². The van der Waals surface area contributed by atoms with Gasteiger partial charge in [0.05, 0.1) is 6.61 Å². The first-order chi connectivity index (χ1) is 11.3. The molecule has 3 rings (SSSR count). The van der Waals surface area contributed by atoms with Crippen LogP contribution in [0.1, 0.15) is 17.4 Å². The summed E-state index contributed by atoms with van der Waals surface area (Å²) in [5, 5.41) is 3.06. The smallest absolute Gasteiger partial charge is 0.150 e. The van der Waals surface area contributed by atoms with Crippen LogP contribution in [0.3, 0.4) is 0 Å². The lowest BCUT2D eigenvalue weighted by Crippen LogP contribution is -2.39. The fourth-order valence-corrected chi connectivity index (χ4v) is 2.79. The van der Waals surface area contributed by atoms with Crippen LogP contribution in [0.2, 0.25) is 0 Å². The van der Waals surface area contributed by atoms with Crippen LogP contribution >= 0.6 is 0 Å². The number of rotatable bonds is 5. The number of anilines is 1. The van der Waals surface area contributed by atoms with E-state index in [0.717, 1.165) is 43.1 Å². The van der Waals surface area contributed by atoms with Crippen LogP contribution in [-0.4, -0.2) is 48.2 Å². The number of halogens is 1. The van der Waals surface area contributed by atoms with Gasteiger partial charge in [-0.2, -0.15) is 0 Å². The number of hydrogen-bond acceptors (Lipinski definition) is 5. The molecule has 2 aromatic rings. The van der Waals surface area contributed by atoms with Gasteiger partial charge in [-0.15, -0.1) is 0 Å². The fourth-order valence-electron chi connectivity index (χ4n) is 2.79. The number of nitrogens with zero attached hydrogens (tertiary/aromatic N) is 3. The number of aromatic nitrogens is 2. The van der Waals surface area contributed by atoms with Crippen molar-refractivity contribution in [2.45, 2.75) is 12.5 Å². The van der Waals surface area contributed by atoms with E-state index < -0.39 is 0 Å². The summed E-state index contributed by atoms with van der Waals surface area (Å²) >= 11 is 0. The third-order valence-electron chi connectivity index (χ3n) is 4.05. The minimum Gasteiger partial charge on any atom is -0.372 e. The molecule has 1 fully saturated rings. The van der Waals surface area contributed by atoms with Crippen LogP contribution in [-0.2, 0) is 11.2 Å². The Labute approximate surface area is 135 Å². The summed E-state index contributed by atoms with van der Waals surface area (Å²) < 4.78 is 18.8. The molecule has 1 aliphatic heterocycles. The molecule has 1 atom stereocenters. The molecular weight excluding hydrogens is 295 g/mol. The van der Waals surface area contributed by atoms with Crippen LogP contribution in [0.5, 0.6) is 0 Å². The Bertz CT molecular complexity index is 635. The zero-order chi connectivity index (χ0) is 16.1. The molecule has 0 radical (unpaired) electrons. The second-order valence-corrected chi connectivity index (χ2v) is 5.58. The predicted molar refractivity (Wildman–Crippen MR) is 86.8 cm³/mol. The number of morpholine rings is 1. The average Bonchev–Trinajstić information content (AvgIpc) is 2.61. The van der Waals surface area contributed by atoms with Crippen molar-refractivity contribution >= 4 is 5.82 Å². The van der Waals surface area contributed by atoms with Crippen LogP contribution in [0, 0.1) is 5.82 Å². The average molecular weight is 316 g/mol. The first kappa shape index (κ1) is 15.8. The highest BCUT2D eigenvalue weighted by atomic mass is 19.1. The lowest BCUT2D eigenvalue weighted by molar-refractivity contribution is -0.0314. The van der Waals surface area contributed by atoms with E-state index in [0.29, 0.717) is 6.61 Å². The van der Waals surface area contributed by atoms with Crippen LogP contribution < -0.4 is 5.32 Å². The Kier molecular flexibility index (Phi) is 5.15. The second-order valence-electron chi connectivity index (χ2n) is 5.58. The molecule has 2 heterocycles. The maximum Gasteiger partial charge on any atom is 0.150 e. The molecule has 0 unspecified atom stereocenters. The summed E-state index contributed by atoms with van der Waals surface area (Å²) in [4.78, 5) is 11.1. The molecule has 1 aliphatic rings. The van der Waals surface area contributed by atoms with Gasteiger partial charge in [-0.3, -0.25) is 9.88 Å². The largest absolute Gasteiger partial charge is 0.372 e. The standard InChI is InChI=1S/C17H21FN4O/c1-19-17-16(20-7-8-21-17)15-12-22(10-11-23-15)9-6-13-2-4-14(18)5-3-13/h2-5,7-8,15H,6,9-12H2,1H3,(H,19,21)/t15-/m1/s1. The molecule has 6 heteroatoms. The Morgan fingerprint density at radius 3 is 2.83 bits per heavy atom. The van der Waals surface area contributed by atoms with Gasteiger partial charge in [-0.25, -0.2) is 9.37 Å². The molecule has 1 saturated heterocycles. The summed E-state index contributed by atoms with van der Waals surface area (Å²) in [5.74, 6) is 0.570. The Morgan fingerprint density at radius 2 is 2.04 bits per heavy atom. The van der Waals surface area contributed by atoms with Crippen molar-refractivity contribution in [1.29, 1.82) is 0 Å². The van der Waals surface area contributed by atoms with Gasteiger partial charge in [0.2, 0.25) is 0 Å². The highest BCUT2D eigenvalue weighted by Gasteiger charge is 2.25. The van der Waals surface area contributed by atoms with Crippen LogP contribution in [0.25, 0.3) is 0 Å². The normalized spacial score (nSPS) is 18.8. The molecule has 0 bridgehead atoms. The third-order valence-corrected chi connectivity index (χ3v) is 4.05. The number of nitrogens with one attached hydrogen (secondary N) is 1. The van der Waals surface area contributed by atoms with E-state index in [1.807, 2.05) is 19.2 Å². The molecule has 23 heavy (non-hydrogen) atoms. The summed E-state index contributed by atoms with van der Waals surface area (Å²) in [6.07, 6.45) is 4.18. The lowest BCUT2D eigenvalue weighted by atomic mass is 10.1. The zero-order valence-electron chi connectivity index (χ0n) is 13.2. The molecular formula is C17H21FN4O. The summed E-state index contributed by atoms with van der Waals surface area (Å²) in [7, 11) is 1.84. The minimum absolute atomic E-state index is 0.0758. The van der Waals surface area contributed by atoms with Crippen molar-refractivity contribution in [3.8, 4) is 0 Å². The predicted octanol–water partition coefficient (Wildman–Crippen LogP) is 2.27. The van der Waals surface area contributed by atoms with E-state index in [1.165, 1.54) is 12.1 Å². The van der Waals surface area contributed by atoms with Gasteiger partial charge in [0, 0.05) is 39.1 Å². The molecule has 0 amide bonds. The third kappa shape index (κ3) is 4.03. The van der Waals surface area contributed by atoms with Gasteiger partial charge >= 0.3 is 0 Å². The fraction of sp³-hybridized carbons (Fsp3) is 0.412. The summed E-state index contributed by atoms with van der Waals surface area (Å²) in [5.41, 5.74) is 1.99. The zero-order valence-corrected chi connectivity index (χ0v) is 13.2. The highest BCUT2D eigenvalue weighted by molar-refractivity contribution is 5.40. The maximum absolute atomic E-state index is 12.9. The van der Waals surface area contributed by atoms with E-state index in [9.17, 15) is 4.39 Å². The topological polar surface area (TPSA) is 50.3 Å². The first-order valence-electron chi connectivity index (χ1n) is 7.83. The van der Waals surface area contributed by atoms with Crippen molar-refractivity contribution in [3.05, 3.63) is 53.7 Å². The maximum atomic E-state index is 12.9. The second kappa shape index (κ2) is 7.48. The Balaban J connectivity index is 1.60. The van der Waals surface area contributed by atoms with Gasteiger partial charge in [0.1, 0.15) is 23.4 Å². The number of hydrogen-bond donors (Lipinski definition) is 1. The van der Waals surface area contributed by atoms with Crippen LogP contribution in [0.15, 0.2) is 36.7 Å². The van der Waals surface area contributed by atoms with Gasteiger partial charge < -0.3 is 10.1 Å². The Hall–Kier alpha value is -2.05. The quantitative estimate of drug-likeness (QED) is 0.917. The van der Waals surface area contributed by atoms with Crippen LogP contribution in [0.4, 0.5) is 10.2 Å². The SMILES string of the molecule is CNc1nccnc1[C@H]1CN(CCc2ccc(F)cc2)CCO1. The van der Waals surface area contributed by atoms with Gasteiger partial charge in [0.15, 0.2) is 0 Å². The minimum atomic E-state index is -0.192. The first-order valence-corrected chi connectivity index (χ1v) is 7.83. The molecule has 0 saturated carbocycles. The van der Waals surface area contributed by atoms with Crippen molar-refractivity contribution < 1.29 is 9.13 Å². The molecule has 122 valence electrons. The lowest BCUT2D eigenvalue weighted by Gasteiger charge is -2.33. The molecule has 0 spiro atoms. The molecule has 5 nitrogen and oxygen atoms in total. The van der Waals surface area contributed by atoms with Gasteiger partial charge in [0.25, 0.3) is 0 Å². The highest BCUT2D eigenvalue weighted by Crippen LogP contribution is 2.25. The van der Waals surface area contributed by atoms with E-state index in [4.69, 9.17) is 4.74 Å². The molecule has 0 aliphatic carbocycles. The molecule has 1 N–H and O–H groups in total. The Morgan fingerprint density at radius 1 is 1.26 bits per heavy atom.